The van der Waals surface area contributed by atoms with Gasteiger partial charge in [0.25, 0.3) is 0 Å². The molecule has 23 heavy (non-hydrogen) atoms. The quantitative estimate of drug-likeness (QED) is 0.880. The minimum atomic E-state index is -0.398. The van der Waals surface area contributed by atoms with E-state index in [0.717, 1.165) is 24.9 Å². The molecule has 1 unspecified atom stereocenters. The van der Waals surface area contributed by atoms with Crippen LogP contribution in [0.1, 0.15) is 32.1 Å². The van der Waals surface area contributed by atoms with Gasteiger partial charge in [0, 0.05) is 24.7 Å². The molecule has 3 atom stereocenters. The fourth-order valence-electron chi connectivity index (χ4n) is 3.49. The number of hydrogen-bond acceptors (Lipinski definition) is 3. The van der Waals surface area contributed by atoms with Crippen LogP contribution in [0.4, 0.5) is 5.69 Å². The molecule has 0 spiro atoms. The molecule has 1 saturated carbocycles. The van der Waals surface area contributed by atoms with Crippen LogP contribution in [0.5, 0.6) is 0 Å². The highest BCUT2D eigenvalue weighted by Crippen LogP contribution is 2.27. The molecule has 1 aliphatic heterocycles. The van der Waals surface area contributed by atoms with Crippen LogP contribution in [0.3, 0.4) is 0 Å². The summed E-state index contributed by atoms with van der Waals surface area (Å²) < 4.78 is 0. The smallest absolute Gasteiger partial charge is 0.249 e. The van der Waals surface area contributed by atoms with E-state index in [1.54, 1.807) is 4.90 Å². The number of nitrogens with one attached hydrogen (secondary N) is 1. The maximum atomic E-state index is 12.4. The van der Waals surface area contributed by atoms with Gasteiger partial charge in [-0.25, -0.2) is 0 Å². The van der Waals surface area contributed by atoms with Crippen molar-refractivity contribution >= 4 is 29.9 Å². The van der Waals surface area contributed by atoms with Crippen LogP contribution in [0.2, 0.25) is 0 Å². The zero-order valence-corrected chi connectivity index (χ0v) is 13.9. The topological polar surface area (TPSA) is 75.4 Å². The lowest BCUT2D eigenvalue weighted by molar-refractivity contribution is -0.127. The summed E-state index contributed by atoms with van der Waals surface area (Å²) in [6.45, 7) is 0.650. The molecule has 1 aromatic carbocycles. The first-order valence-corrected chi connectivity index (χ1v) is 8.06. The summed E-state index contributed by atoms with van der Waals surface area (Å²) in [6.07, 6.45) is 4.22. The van der Waals surface area contributed by atoms with Crippen molar-refractivity contribution in [2.24, 2.45) is 11.7 Å². The summed E-state index contributed by atoms with van der Waals surface area (Å²) in [5.41, 5.74) is 6.90. The fourth-order valence-corrected chi connectivity index (χ4v) is 3.49. The summed E-state index contributed by atoms with van der Waals surface area (Å²) in [6, 6.07) is 9.32. The van der Waals surface area contributed by atoms with E-state index in [1.165, 1.54) is 0 Å². The van der Waals surface area contributed by atoms with Crippen LogP contribution in [0.15, 0.2) is 30.3 Å². The molecule has 2 aliphatic rings. The number of halogens is 1. The minimum absolute atomic E-state index is 0. The summed E-state index contributed by atoms with van der Waals surface area (Å²) in [7, 11) is 0. The summed E-state index contributed by atoms with van der Waals surface area (Å²) in [5, 5.41) is 2.89. The lowest BCUT2D eigenvalue weighted by Gasteiger charge is -2.18. The van der Waals surface area contributed by atoms with Gasteiger partial charge in [0.15, 0.2) is 0 Å². The molecule has 1 heterocycles. The zero-order chi connectivity index (χ0) is 15.5. The molecular weight excluding hydrogens is 314 g/mol. The van der Waals surface area contributed by atoms with E-state index in [4.69, 9.17) is 5.73 Å². The van der Waals surface area contributed by atoms with E-state index in [2.05, 4.69) is 5.32 Å². The highest BCUT2D eigenvalue weighted by Gasteiger charge is 2.34. The van der Waals surface area contributed by atoms with Gasteiger partial charge in [0.05, 0.1) is 0 Å². The Morgan fingerprint density at radius 2 is 1.96 bits per heavy atom. The van der Waals surface area contributed by atoms with Crippen molar-refractivity contribution in [3.05, 3.63) is 30.3 Å². The maximum absolute atomic E-state index is 12.4. The van der Waals surface area contributed by atoms with Crippen molar-refractivity contribution in [3.8, 4) is 0 Å². The number of hydrogen-bond donors (Lipinski definition) is 2. The molecule has 1 aliphatic carbocycles. The van der Waals surface area contributed by atoms with Crippen molar-refractivity contribution in [3.63, 3.8) is 0 Å². The molecular formula is C17H24ClN3O2. The van der Waals surface area contributed by atoms with Gasteiger partial charge in [-0.1, -0.05) is 24.6 Å². The Hall–Kier alpha value is -1.59. The molecule has 0 bridgehead atoms. The van der Waals surface area contributed by atoms with E-state index in [9.17, 15) is 9.59 Å². The van der Waals surface area contributed by atoms with Crippen LogP contribution in [0.25, 0.3) is 0 Å². The molecule has 2 amide bonds. The van der Waals surface area contributed by atoms with Gasteiger partial charge >= 0.3 is 0 Å². The maximum Gasteiger partial charge on any atom is 0.249 e. The van der Waals surface area contributed by atoms with Crippen LogP contribution >= 0.6 is 12.4 Å². The summed E-state index contributed by atoms with van der Waals surface area (Å²) >= 11 is 0. The first kappa shape index (κ1) is 17.8. The Balaban J connectivity index is 0.00000192. The van der Waals surface area contributed by atoms with Gasteiger partial charge in [0.1, 0.15) is 6.04 Å². The molecule has 126 valence electrons. The van der Waals surface area contributed by atoms with Crippen molar-refractivity contribution in [1.29, 1.82) is 0 Å². The van der Waals surface area contributed by atoms with Crippen molar-refractivity contribution in [1.82, 2.24) is 5.32 Å². The number of nitrogens with two attached hydrogens (primary N) is 1. The van der Waals surface area contributed by atoms with E-state index in [0.29, 0.717) is 19.4 Å². The number of amides is 2. The van der Waals surface area contributed by atoms with Crippen molar-refractivity contribution < 1.29 is 9.59 Å². The second-order valence-corrected chi connectivity index (χ2v) is 6.29. The SMILES string of the molecule is Cl.N[C@@H]1CCC[C@H]1CC(=O)NC1CCN(c2ccccc2)C1=O. The Kier molecular flexibility index (Phi) is 6.02. The molecule has 3 N–H and O–H groups in total. The molecule has 3 rings (SSSR count). The first-order chi connectivity index (χ1) is 10.6. The van der Waals surface area contributed by atoms with Gasteiger partial charge < -0.3 is 16.0 Å². The van der Waals surface area contributed by atoms with Crippen LogP contribution < -0.4 is 16.0 Å². The van der Waals surface area contributed by atoms with Gasteiger partial charge in [0.2, 0.25) is 11.8 Å². The average molecular weight is 338 g/mol. The largest absolute Gasteiger partial charge is 0.344 e. The van der Waals surface area contributed by atoms with Crippen LogP contribution in [0, 0.1) is 5.92 Å². The van der Waals surface area contributed by atoms with Crippen LogP contribution in [-0.4, -0.2) is 30.4 Å². The van der Waals surface area contributed by atoms with Gasteiger partial charge in [-0.3, -0.25) is 9.59 Å². The second-order valence-electron chi connectivity index (χ2n) is 6.29. The van der Waals surface area contributed by atoms with Gasteiger partial charge in [-0.05, 0) is 37.3 Å². The molecule has 2 fully saturated rings. The van der Waals surface area contributed by atoms with Gasteiger partial charge in [-0.15, -0.1) is 12.4 Å². The van der Waals surface area contributed by atoms with Crippen molar-refractivity contribution in [2.75, 3.05) is 11.4 Å². The highest BCUT2D eigenvalue weighted by atomic mass is 35.5. The third kappa shape index (κ3) is 4.03. The number of anilines is 1. The molecule has 1 aromatic rings. The number of carbonyl (C=O) groups is 2. The third-order valence-electron chi connectivity index (χ3n) is 4.77. The predicted octanol–water partition coefficient (Wildman–Crippen LogP) is 1.85. The lowest BCUT2D eigenvalue weighted by Crippen LogP contribution is -2.42. The Morgan fingerprint density at radius 3 is 2.61 bits per heavy atom. The number of carbonyl (C=O) groups excluding carboxylic acids is 2. The highest BCUT2D eigenvalue weighted by molar-refractivity contribution is 6.01. The monoisotopic (exact) mass is 337 g/mol. The summed E-state index contributed by atoms with van der Waals surface area (Å²) in [4.78, 5) is 26.3. The van der Waals surface area contributed by atoms with E-state index in [-0.39, 0.29) is 36.2 Å². The van der Waals surface area contributed by atoms with E-state index >= 15 is 0 Å². The molecule has 1 saturated heterocycles. The molecule has 0 aromatic heterocycles. The zero-order valence-electron chi connectivity index (χ0n) is 13.1. The van der Waals surface area contributed by atoms with E-state index < -0.39 is 6.04 Å². The molecule has 0 radical (unpaired) electrons. The second kappa shape index (κ2) is 7.79. The lowest BCUT2D eigenvalue weighted by atomic mass is 9.99. The van der Waals surface area contributed by atoms with Gasteiger partial charge in [-0.2, -0.15) is 0 Å². The number of nitrogens with zero attached hydrogens (tertiary/aromatic N) is 1. The molecule has 5 nitrogen and oxygen atoms in total. The fraction of sp³-hybridized carbons (Fsp3) is 0.529. The minimum Gasteiger partial charge on any atom is -0.344 e. The Morgan fingerprint density at radius 1 is 1.22 bits per heavy atom. The number of benzene rings is 1. The van der Waals surface area contributed by atoms with Crippen molar-refractivity contribution in [2.45, 2.75) is 44.2 Å². The standard InChI is InChI=1S/C17H23N3O2.ClH/c18-14-8-4-5-12(14)11-16(21)19-15-9-10-20(17(15)22)13-6-2-1-3-7-13;/h1-3,6-7,12,14-15H,4-5,8-11,18H2,(H,19,21);1H/t12-,14+,15?;/m0./s1. The number of para-hydroxylation sites is 1. The third-order valence-corrected chi connectivity index (χ3v) is 4.77. The Bertz CT molecular complexity index is 552. The average Bonchev–Trinajstić information content (AvgIpc) is 3.07. The Labute approximate surface area is 143 Å². The summed E-state index contributed by atoms with van der Waals surface area (Å²) in [5.74, 6) is 0.201. The predicted molar refractivity (Wildman–Crippen MR) is 92.5 cm³/mol. The molecule has 6 heteroatoms. The van der Waals surface area contributed by atoms with Crippen LogP contribution in [-0.2, 0) is 9.59 Å². The number of rotatable bonds is 4. The first-order valence-electron chi connectivity index (χ1n) is 8.06. The van der Waals surface area contributed by atoms with E-state index in [1.807, 2.05) is 30.3 Å². The normalized spacial score (nSPS) is 26.9.